The van der Waals surface area contributed by atoms with Crippen LogP contribution in [-0.4, -0.2) is 45.7 Å². The van der Waals surface area contributed by atoms with Crippen LogP contribution in [0.4, 0.5) is 0 Å². The molecular formula is C21H24N4O4S. The van der Waals surface area contributed by atoms with Crippen LogP contribution in [0.2, 0.25) is 0 Å². The number of aryl methyl sites for hydroxylation is 2. The molecule has 0 spiro atoms. The number of amides is 1. The predicted molar refractivity (Wildman–Crippen MR) is 113 cm³/mol. The van der Waals surface area contributed by atoms with Crippen molar-refractivity contribution in [1.29, 1.82) is 0 Å². The summed E-state index contributed by atoms with van der Waals surface area (Å²) < 4.78 is 12.6. The van der Waals surface area contributed by atoms with Gasteiger partial charge in [0, 0.05) is 25.6 Å². The summed E-state index contributed by atoms with van der Waals surface area (Å²) in [6.45, 7) is 4.35. The van der Waals surface area contributed by atoms with Crippen molar-refractivity contribution in [3.05, 3.63) is 57.8 Å². The van der Waals surface area contributed by atoms with E-state index in [4.69, 9.17) is 21.4 Å². The molecular weight excluding hydrogens is 404 g/mol. The molecule has 0 radical (unpaired) electrons. The van der Waals surface area contributed by atoms with Crippen molar-refractivity contribution >= 4 is 24.1 Å². The van der Waals surface area contributed by atoms with Crippen LogP contribution in [0, 0.1) is 18.6 Å². The van der Waals surface area contributed by atoms with Crippen molar-refractivity contribution < 1.29 is 18.7 Å². The molecule has 30 heavy (non-hydrogen) atoms. The Morgan fingerprint density at radius 2 is 1.97 bits per heavy atom. The number of methoxy groups -OCH3 is 1. The van der Waals surface area contributed by atoms with Crippen LogP contribution in [0.25, 0.3) is 11.4 Å². The van der Waals surface area contributed by atoms with Gasteiger partial charge in [-0.3, -0.25) is 14.5 Å². The number of hydrogen-bond donors (Lipinski definition) is 1. The van der Waals surface area contributed by atoms with Gasteiger partial charge in [0.1, 0.15) is 17.1 Å². The maximum atomic E-state index is 12.6. The Morgan fingerprint density at radius 3 is 2.63 bits per heavy atom. The molecule has 0 atom stereocenters. The summed E-state index contributed by atoms with van der Waals surface area (Å²) in [6.07, 6.45) is 0.243. The summed E-state index contributed by atoms with van der Waals surface area (Å²) >= 11 is 5.34. The maximum absolute atomic E-state index is 12.6. The van der Waals surface area contributed by atoms with Crippen LogP contribution < -0.4 is 0 Å². The van der Waals surface area contributed by atoms with Gasteiger partial charge in [0.05, 0.1) is 13.7 Å². The van der Waals surface area contributed by atoms with E-state index in [0.717, 1.165) is 11.1 Å². The Bertz CT molecular complexity index is 1110. The number of aromatic nitrogens is 3. The quantitative estimate of drug-likeness (QED) is 0.456. The van der Waals surface area contributed by atoms with Crippen LogP contribution >= 0.6 is 12.2 Å². The first-order chi connectivity index (χ1) is 14.3. The van der Waals surface area contributed by atoms with Crippen molar-refractivity contribution in [2.45, 2.75) is 33.4 Å². The lowest BCUT2D eigenvalue weighted by Gasteiger charge is -2.16. The second-order valence-electron chi connectivity index (χ2n) is 7.04. The highest BCUT2D eigenvalue weighted by Crippen LogP contribution is 2.19. The van der Waals surface area contributed by atoms with Gasteiger partial charge < -0.3 is 14.1 Å². The maximum Gasteiger partial charge on any atom is 0.341 e. The number of nitrogens with one attached hydrogen (secondary N) is 1. The molecule has 158 valence electrons. The van der Waals surface area contributed by atoms with Gasteiger partial charge in [-0.25, -0.2) is 4.79 Å². The number of rotatable bonds is 7. The topological polar surface area (TPSA) is 93.4 Å². The van der Waals surface area contributed by atoms with Gasteiger partial charge in [-0.15, -0.1) is 0 Å². The molecule has 0 bridgehead atoms. The summed E-state index contributed by atoms with van der Waals surface area (Å²) in [5.74, 6) is 1.13. The van der Waals surface area contributed by atoms with Crippen molar-refractivity contribution in [2.24, 2.45) is 0 Å². The lowest BCUT2D eigenvalue weighted by Crippen LogP contribution is -2.27. The van der Waals surface area contributed by atoms with Crippen LogP contribution in [-0.2, 0) is 22.6 Å². The van der Waals surface area contributed by atoms with Crippen molar-refractivity contribution in [3.8, 4) is 11.4 Å². The fourth-order valence-corrected chi connectivity index (χ4v) is 3.33. The number of esters is 1. The fourth-order valence-electron chi connectivity index (χ4n) is 3.10. The van der Waals surface area contributed by atoms with Gasteiger partial charge in [-0.05, 0) is 32.1 Å². The minimum absolute atomic E-state index is 0.0818. The Kier molecular flexibility index (Phi) is 6.51. The van der Waals surface area contributed by atoms with Gasteiger partial charge >= 0.3 is 5.97 Å². The average Bonchev–Trinajstić information content (AvgIpc) is 3.28. The van der Waals surface area contributed by atoms with Gasteiger partial charge in [0.15, 0.2) is 10.6 Å². The number of carbonyl (C=O) groups excluding carboxylic acids is 2. The van der Waals surface area contributed by atoms with Gasteiger partial charge in [0.25, 0.3) is 0 Å². The number of hydrogen-bond acceptors (Lipinski definition) is 6. The van der Waals surface area contributed by atoms with E-state index < -0.39 is 5.97 Å². The van der Waals surface area contributed by atoms with E-state index in [1.165, 1.54) is 7.11 Å². The summed E-state index contributed by atoms with van der Waals surface area (Å²) in [7, 11) is 3.00. The zero-order valence-corrected chi connectivity index (χ0v) is 18.2. The highest BCUT2D eigenvalue weighted by atomic mass is 32.1. The van der Waals surface area contributed by atoms with E-state index in [0.29, 0.717) is 34.2 Å². The predicted octanol–water partition coefficient (Wildman–Crippen LogP) is 3.65. The first-order valence-corrected chi connectivity index (χ1v) is 9.84. The van der Waals surface area contributed by atoms with E-state index in [1.807, 2.05) is 35.8 Å². The number of H-pyrrole nitrogens is 1. The lowest BCUT2D eigenvalue weighted by molar-refractivity contribution is -0.130. The Labute approximate surface area is 179 Å². The zero-order chi connectivity index (χ0) is 21.8. The second kappa shape index (κ2) is 9.08. The molecule has 2 heterocycles. The molecule has 1 amide bonds. The monoisotopic (exact) mass is 428 g/mol. The largest absolute Gasteiger partial charge is 0.465 e. The van der Waals surface area contributed by atoms with E-state index >= 15 is 0 Å². The number of carbonyl (C=O) groups is 2. The minimum atomic E-state index is -0.463. The fraction of sp³-hybridized carbons (Fsp3) is 0.333. The van der Waals surface area contributed by atoms with Gasteiger partial charge in [0.2, 0.25) is 5.91 Å². The molecule has 2 aromatic heterocycles. The molecule has 0 aliphatic heterocycles. The van der Waals surface area contributed by atoms with Gasteiger partial charge in [-0.2, -0.15) is 5.10 Å². The Hall–Kier alpha value is -3.20. The van der Waals surface area contributed by atoms with Crippen molar-refractivity contribution in [1.82, 2.24) is 19.7 Å². The molecule has 9 heteroatoms. The first-order valence-electron chi connectivity index (χ1n) is 9.44. The summed E-state index contributed by atoms with van der Waals surface area (Å²) in [5, 5.41) is 7.11. The second-order valence-corrected chi connectivity index (χ2v) is 7.43. The van der Waals surface area contributed by atoms with Crippen LogP contribution in [0.15, 0.2) is 34.7 Å². The zero-order valence-electron chi connectivity index (χ0n) is 17.4. The number of furan rings is 1. The molecule has 0 aliphatic rings. The average molecular weight is 429 g/mol. The minimum Gasteiger partial charge on any atom is -0.465 e. The lowest BCUT2D eigenvalue weighted by atomic mass is 10.1. The molecule has 1 N–H and O–H groups in total. The van der Waals surface area contributed by atoms with Gasteiger partial charge in [-0.1, -0.05) is 29.8 Å². The molecule has 0 unspecified atom stereocenters. The molecule has 3 rings (SSSR count). The van der Waals surface area contributed by atoms with Crippen LogP contribution in [0.1, 0.15) is 33.9 Å². The third-order valence-corrected chi connectivity index (χ3v) is 5.12. The number of ether oxygens (including phenoxy) is 1. The van der Waals surface area contributed by atoms with E-state index in [1.54, 1.807) is 24.9 Å². The third-order valence-electron chi connectivity index (χ3n) is 4.81. The summed E-state index contributed by atoms with van der Waals surface area (Å²) in [5.41, 5.74) is 2.44. The standard InChI is InChI=1S/C21H24N4O4S/c1-13-5-7-15(8-6-13)19-22-23-21(30)25(19)10-9-18(26)24(3)12-16-11-17(14(2)29-16)20(27)28-4/h5-8,11H,9-10,12H2,1-4H3,(H,23,30). The Morgan fingerprint density at radius 1 is 1.27 bits per heavy atom. The van der Waals surface area contributed by atoms with Crippen LogP contribution in [0.5, 0.6) is 0 Å². The first kappa shape index (κ1) is 21.5. The van der Waals surface area contributed by atoms with E-state index in [2.05, 4.69) is 10.2 Å². The smallest absolute Gasteiger partial charge is 0.341 e. The highest BCUT2D eigenvalue weighted by Gasteiger charge is 2.18. The molecule has 0 saturated heterocycles. The third kappa shape index (κ3) is 4.68. The molecule has 8 nitrogen and oxygen atoms in total. The molecule has 1 aromatic carbocycles. The normalized spacial score (nSPS) is 10.8. The Balaban J connectivity index is 1.66. The molecule has 0 fully saturated rings. The molecule has 0 saturated carbocycles. The number of benzene rings is 1. The number of aromatic amines is 1. The number of nitrogens with zero attached hydrogens (tertiary/aromatic N) is 3. The summed E-state index contributed by atoms with van der Waals surface area (Å²) in [4.78, 5) is 25.9. The molecule has 0 aliphatic carbocycles. The van der Waals surface area contributed by atoms with Crippen LogP contribution in [0.3, 0.4) is 0 Å². The van der Waals surface area contributed by atoms with E-state index in [9.17, 15) is 9.59 Å². The molecule has 3 aromatic rings. The van der Waals surface area contributed by atoms with Crippen molar-refractivity contribution in [3.63, 3.8) is 0 Å². The SMILES string of the molecule is COC(=O)c1cc(CN(C)C(=O)CCn2c(-c3ccc(C)cc3)n[nH]c2=S)oc1C. The highest BCUT2D eigenvalue weighted by molar-refractivity contribution is 7.71. The van der Waals surface area contributed by atoms with E-state index in [-0.39, 0.29) is 18.9 Å². The van der Waals surface area contributed by atoms with Crippen molar-refractivity contribution in [2.75, 3.05) is 14.2 Å². The summed E-state index contributed by atoms with van der Waals surface area (Å²) in [6, 6.07) is 9.56.